The Kier molecular flexibility index (Phi) is 4.30. The lowest BCUT2D eigenvalue weighted by atomic mass is 9.91. The number of rotatable bonds is 5. The molecule has 0 aliphatic rings. The van der Waals surface area contributed by atoms with E-state index in [0.717, 1.165) is 10.8 Å². The van der Waals surface area contributed by atoms with E-state index in [1.165, 1.54) is 0 Å². The number of nitrogens with zero attached hydrogens (tertiary/aromatic N) is 1. The first-order chi connectivity index (χ1) is 9.63. The van der Waals surface area contributed by atoms with Crippen LogP contribution in [-0.4, -0.2) is 28.6 Å². The maximum absolute atomic E-state index is 12.0. The fraction of sp³-hybridized carbons (Fsp3) is 0.267. The lowest BCUT2D eigenvalue weighted by Crippen LogP contribution is -2.19. The van der Waals surface area contributed by atoms with E-state index in [4.69, 9.17) is 9.84 Å². The second-order valence-electron chi connectivity index (χ2n) is 4.35. The third-order valence-corrected chi connectivity index (χ3v) is 3.04. The molecule has 20 heavy (non-hydrogen) atoms. The van der Waals surface area contributed by atoms with E-state index < -0.39 is 17.9 Å². The van der Waals surface area contributed by atoms with Crippen LogP contribution in [0.25, 0.3) is 10.8 Å². The molecule has 104 valence electrons. The predicted octanol–water partition coefficient (Wildman–Crippen LogP) is 2.36. The molecule has 5 heteroatoms. The van der Waals surface area contributed by atoms with Crippen molar-refractivity contribution < 1.29 is 19.4 Å². The van der Waals surface area contributed by atoms with E-state index in [0.29, 0.717) is 5.56 Å². The van der Waals surface area contributed by atoms with Gasteiger partial charge in [0, 0.05) is 17.8 Å². The number of aromatic nitrogens is 1. The predicted molar refractivity (Wildman–Crippen MR) is 73.4 cm³/mol. The molecule has 5 nitrogen and oxygen atoms in total. The van der Waals surface area contributed by atoms with Crippen molar-refractivity contribution in [3.05, 3.63) is 42.2 Å². The minimum Gasteiger partial charge on any atom is -0.481 e. The average Bonchev–Trinajstić information content (AvgIpc) is 2.44. The van der Waals surface area contributed by atoms with E-state index in [1.807, 2.05) is 6.07 Å². The van der Waals surface area contributed by atoms with Gasteiger partial charge in [0.25, 0.3) is 0 Å². The number of carbonyl (C=O) groups excluding carboxylic acids is 1. The summed E-state index contributed by atoms with van der Waals surface area (Å²) in [4.78, 5) is 27.1. The topological polar surface area (TPSA) is 76.5 Å². The fourth-order valence-electron chi connectivity index (χ4n) is 2.19. The van der Waals surface area contributed by atoms with Gasteiger partial charge >= 0.3 is 11.9 Å². The van der Waals surface area contributed by atoms with Crippen LogP contribution < -0.4 is 0 Å². The average molecular weight is 273 g/mol. The van der Waals surface area contributed by atoms with Crippen LogP contribution in [0.2, 0.25) is 0 Å². The molecule has 1 atom stereocenters. The van der Waals surface area contributed by atoms with E-state index in [9.17, 15) is 9.59 Å². The smallest absolute Gasteiger partial charge is 0.314 e. The second kappa shape index (κ2) is 6.14. The first kappa shape index (κ1) is 14.0. The molecule has 1 aromatic carbocycles. The standard InChI is InChI=1S/C15H15NO4/c1-2-20-15(19)13(8-14(17)18)12-5-3-4-10-9-16-7-6-11(10)12/h3-7,9,13H,2,8H2,1H3,(H,17,18). The molecule has 0 aliphatic carbocycles. The first-order valence-electron chi connectivity index (χ1n) is 6.34. The third-order valence-electron chi connectivity index (χ3n) is 3.04. The van der Waals surface area contributed by atoms with E-state index >= 15 is 0 Å². The van der Waals surface area contributed by atoms with Crippen molar-refractivity contribution in [2.45, 2.75) is 19.3 Å². The van der Waals surface area contributed by atoms with Gasteiger partial charge in [-0.05, 0) is 23.9 Å². The number of carboxylic acids is 1. The quantitative estimate of drug-likeness (QED) is 0.846. The SMILES string of the molecule is CCOC(=O)C(CC(=O)O)c1cccc2cnccc12. The zero-order valence-corrected chi connectivity index (χ0v) is 11.1. The van der Waals surface area contributed by atoms with Crippen molar-refractivity contribution >= 4 is 22.7 Å². The Morgan fingerprint density at radius 2 is 2.15 bits per heavy atom. The Morgan fingerprint density at radius 3 is 2.85 bits per heavy atom. The maximum atomic E-state index is 12.0. The molecular weight excluding hydrogens is 258 g/mol. The van der Waals surface area contributed by atoms with Crippen LogP contribution in [0.5, 0.6) is 0 Å². The highest BCUT2D eigenvalue weighted by Gasteiger charge is 2.26. The molecule has 0 saturated heterocycles. The summed E-state index contributed by atoms with van der Waals surface area (Å²) in [6.45, 7) is 1.92. The largest absolute Gasteiger partial charge is 0.481 e. The van der Waals surface area contributed by atoms with Crippen molar-refractivity contribution in [1.82, 2.24) is 4.98 Å². The van der Waals surface area contributed by atoms with Crippen LogP contribution in [0.1, 0.15) is 24.8 Å². The molecule has 0 fully saturated rings. The summed E-state index contributed by atoms with van der Waals surface area (Å²) >= 11 is 0. The van der Waals surface area contributed by atoms with Crippen molar-refractivity contribution in [3.8, 4) is 0 Å². The van der Waals surface area contributed by atoms with Gasteiger partial charge in [-0.1, -0.05) is 18.2 Å². The maximum Gasteiger partial charge on any atom is 0.314 e. The highest BCUT2D eigenvalue weighted by atomic mass is 16.5. The number of hydrogen-bond donors (Lipinski definition) is 1. The Balaban J connectivity index is 2.50. The minimum atomic E-state index is -1.03. The Hall–Kier alpha value is -2.43. The number of aliphatic carboxylic acids is 1. The highest BCUT2D eigenvalue weighted by Crippen LogP contribution is 2.28. The van der Waals surface area contributed by atoms with Crippen LogP contribution >= 0.6 is 0 Å². The van der Waals surface area contributed by atoms with Gasteiger partial charge in [0.15, 0.2) is 0 Å². The lowest BCUT2D eigenvalue weighted by Gasteiger charge is -2.16. The summed E-state index contributed by atoms with van der Waals surface area (Å²) in [7, 11) is 0. The highest BCUT2D eigenvalue weighted by molar-refractivity contribution is 5.92. The van der Waals surface area contributed by atoms with Gasteiger partial charge in [-0.3, -0.25) is 14.6 Å². The molecule has 2 rings (SSSR count). The van der Waals surface area contributed by atoms with E-state index in [2.05, 4.69) is 4.98 Å². The molecule has 0 spiro atoms. The van der Waals surface area contributed by atoms with E-state index in [-0.39, 0.29) is 13.0 Å². The van der Waals surface area contributed by atoms with Gasteiger partial charge in [-0.2, -0.15) is 0 Å². The number of carbonyl (C=O) groups is 2. The number of carboxylic acid groups (broad SMARTS) is 1. The van der Waals surface area contributed by atoms with Gasteiger partial charge < -0.3 is 9.84 Å². The van der Waals surface area contributed by atoms with Crippen LogP contribution in [0.3, 0.4) is 0 Å². The Bertz CT molecular complexity index is 633. The molecule has 0 saturated carbocycles. The zero-order chi connectivity index (χ0) is 14.5. The van der Waals surface area contributed by atoms with Crippen LogP contribution in [-0.2, 0) is 14.3 Å². The molecule has 1 N–H and O–H groups in total. The Morgan fingerprint density at radius 1 is 1.35 bits per heavy atom. The molecule has 0 amide bonds. The normalized spacial score (nSPS) is 12.1. The van der Waals surface area contributed by atoms with Gasteiger partial charge in [0.2, 0.25) is 0 Å². The molecule has 1 unspecified atom stereocenters. The zero-order valence-electron chi connectivity index (χ0n) is 11.1. The van der Waals surface area contributed by atoms with Crippen molar-refractivity contribution in [3.63, 3.8) is 0 Å². The number of fused-ring (bicyclic) bond motifs is 1. The second-order valence-corrected chi connectivity index (χ2v) is 4.35. The molecular formula is C15H15NO4. The summed E-state index contributed by atoms with van der Waals surface area (Å²) in [5.41, 5.74) is 0.658. The third kappa shape index (κ3) is 2.93. The molecule has 1 heterocycles. The van der Waals surface area contributed by atoms with Crippen molar-refractivity contribution in [2.24, 2.45) is 0 Å². The van der Waals surface area contributed by atoms with Crippen molar-refractivity contribution in [1.29, 1.82) is 0 Å². The number of ether oxygens (including phenoxy) is 1. The molecule has 0 radical (unpaired) electrons. The summed E-state index contributed by atoms with van der Waals surface area (Å²) in [5, 5.41) is 10.7. The van der Waals surface area contributed by atoms with Crippen molar-refractivity contribution in [2.75, 3.05) is 6.61 Å². The fourth-order valence-corrected chi connectivity index (χ4v) is 2.19. The summed E-state index contributed by atoms with van der Waals surface area (Å²) in [6.07, 6.45) is 3.01. The van der Waals surface area contributed by atoms with E-state index in [1.54, 1.807) is 37.5 Å². The Labute approximate surface area is 116 Å². The molecule has 0 bridgehead atoms. The first-order valence-corrected chi connectivity index (χ1v) is 6.34. The minimum absolute atomic E-state index is 0.223. The van der Waals surface area contributed by atoms with Gasteiger partial charge in [-0.25, -0.2) is 0 Å². The summed E-state index contributed by atoms with van der Waals surface area (Å²) in [5.74, 6) is -2.35. The van der Waals surface area contributed by atoms with Gasteiger partial charge in [0.1, 0.15) is 0 Å². The monoisotopic (exact) mass is 273 g/mol. The molecule has 2 aromatic rings. The number of benzene rings is 1. The lowest BCUT2D eigenvalue weighted by molar-refractivity contribution is -0.149. The van der Waals surface area contributed by atoms with Crippen LogP contribution in [0.15, 0.2) is 36.7 Å². The summed E-state index contributed by atoms with van der Waals surface area (Å²) in [6, 6.07) is 7.19. The number of pyridine rings is 1. The van der Waals surface area contributed by atoms with Crippen LogP contribution in [0, 0.1) is 0 Å². The van der Waals surface area contributed by atoms with Crippen LogP contribution in [0.4, 0.5) is 0 Å². The van der Waals surface area contributed by atoms with Gasteiger partial charge in [-0.15, -0.1) is 0 Å². The molecule has 1 aromatic heterocycles. The number of esters is 1. The molecule has 0 aliphatic heterocycles. The summed E-state index contributed by atoms with van der Waals surface area (Å²) < 4.78 is 4.99. The van der Waals surface area contributed by atoms with Gasteiger partial charge in [0.05, 0.1) is 18.9 Å². The number of hydrogen-bond acceptors (Lipinski definition) is 4.